The van der Waals surface area contributed by atoms with Crippen molar-refractivity contribution < 1.29 is 13.2 Å². The highest BCUT2D eigenvalue weighted by Crippen LogP contribution is 2.33. The molecular weight excluding hydrogens is 314 g/mol. The molecule has 1 aromatic rings. The van der Waals surface area contributed by atoms with E-state index in [1.165, 1.54) is 18.4 Å². The minimum absolute atomic E-state index is 0.124. The maximum atomic E-state index is 11.9. The second kappa shape index (κ2) is 6.39. The van der Waals surface area contributed by atoms with E-state index in [0.717, 1.165) is 24.4 Å². The molecule has 1 N–H and O–H groups in total. The Kier molecular flexibility index (Phi) is 4.98. The smallest absolute Gasteiger partial charge is 0.279 e. The molecule has 6 nitrogen and oxygen atoms in total. The van der Waals surface area contributed by atoms with Crippen LogP contribution in [0.25, 0.3) is 0 Å². The molecule has 0 saturated carbocycles. The van der Waals surface area contributed by atoms with Gasteiger partial charge in [-0.15, -0.1) is 0 Å². The molecule has 0 amide bonds. The maximum absolute atomic E-state index is 11.9. The van der Waals surface area contributed by atoms with Crippen molar-refractivity contribution in [1.29, 1.82) is 0 Å². The predicted molar refractivity (Wildman–Crippen MR) is 84.4 cm³/mol. The first-order valence-electron chi connectivity index (χ1n) is 6.62. The van der Waals surface area contributed by atoms with Crippen molar-refractivity contribution >= 4 is 27.5 Å². The van der Waals surface area contributed by atoms with Crippen LogP contribution in [0.3, 0.4) is 0 Å². The van der Waals surface area contributed by atoms with Crippen LogP contribution in [0.5, 0.6) is 5.75 Å². The van der Waals surface area contributed by atoms with Gasteiger partial charge in [0.2, 0.25) is 0 Å². The summed E-state index contributed by atoms with van der Waals surface area (Å²) in [6.07, 6.45) is 0.739. The molecule has 0 bridgehead atoms. The van der Waals surface area contributed by atoms with Gasteiger partial charge in [0.15, 0.2) is 0 Å². The molecule has 1 aliphatic heterocycles. The first-order valence-corrected chi connectivity index (χ1v) is 8.43. The van der Waals surface area contributed by atoms with Crippen LogP contribution in [0.1, 0.15) is 6.42 Å². The van der Waals surface area contributed by atoms with Gasteiger partial charge in [0.05, 0.1) is 12.8 Å². The number of hydrogen-bond acceptors (Lipinski definition) is 4. The molecule has 1 unspecified atom stereocenters. The Morgan fingerprint density at radius 3 is 2.76 bits per heavy atom. The quantitative estimate of drug-likeness (QED) is 0.883. The summed E-state index contributed by atoms with van der Waals surface area (Å²) in [5.41, 5.74) is 0.886. The Hall–Kier alpha value is -1.02. The van der Waals surface area contributed by atoms with Crippen LogP contribution in [0.15, 0.2) is 18.2 Å². The third-order valence-electron chi connectivity index (χ3n) is 3.47. The summed E-state index contributed by atoms with van der Waals surface area (Å²) in [5, 5.41) is 0.628. The van der Waals surface area contributed by atoms with Gasteiger partial charge in [-0.05, 0) is 24.6 Å². The van der Waals surface area contributed by atoms with E-state index in [1.807, 2.05) is 12.1 Å². The van der Waals surface area contributed by atoms with Gasteiger partial charge < -0.3 is 9.64 Å². The SMILES string of the molecule is COc1ccc(Cl)cc1N1CCC(NS(=O)(=O)N(C)C)C1. The van der Waals surface area contributed by atoms with Gasteiger partial charge in [0, 0.05) is 38.2 Å². The van der Waals surface area contributed by atoms with Crippen LogP contribution in [-0.2, 0) is 10.2 Å². The lowest BCUT2D eigenvalue weighted by Crippen LogP contribution is -2.43. The standard InChI is InChI=1S/C13H20ClN3O3S/c1-16(2)21(18,19)15-11-6-7-17(9-11)12-8-10(14)4-5-13(12)20-3/h4-5,8,11,15H,6-7,9H2,1-3H3. The van der Waals surface area contributed by atoms with Crippen molar-refractivity contribution in [1.82, 2.24) is 9.03 Å². The predicted octanol–water partition coefficient (Wildman–Crippen LogP) is 1.32. The van der Waals surface area contributed by atoms with Crippen molar-refractivity contribution in [2.45, 2.75) is 12.5 Å². The minimum Gasteiger partial charge on any atom is -0.495 e. The fraction of sp³-hybridized carbons (Fsp3) is 0.538. The number of ether oxygens (including phenoxy) is 1. The highest BCUT2D eigenvalue weighted by atomic mass is 35.5. The first-order chi connectivity index (χ1) is 9.83. The molecule has 0 aromatic heterocycles. The monoisotopic (exact) mass is 333 g/mol. The third kappa shape index (κ3) is 3.79. The summed E-state index contributed by atoms with van der Waals surface area (Å²) in [4.78, 5) is 2.08. The van der Waals surface area contributed by atoms with E-state index in [1.54, 1.807) is 13.2 Å². The third-order valence-corrected chi connectivity index (χ3v) is 5.29. The van der Waals surface area contributed by atoms with Crippen LogP contribution in [0.2, 0.25) is 5.02 Å². The molecule has 21 heavy (non-hydrogen) atoms. The van der Waals surface area contributed by atoms with Crippen LogP contribution in [0.4, 0.5) is 5.69 Å². The summed E-state index contributed by atoms with van der Waals surface area (Å²) in [7, 11) is 1.21. The minimum atomic E-state index is -3.41. The Morgan fingerprint density at radius 1 is 1.43 bits per heavy atom. The van der Waals surface area contributed by atoms with Crippen molar-refractivity contribution in [3.63, 3.8) is 0 Å². The van der Waals surface area contributed by atoms with E-state index in [9.17, 15) is 8.42 Å². The van der Waals surface area contributed by atoms with Gasteiger partial charge in [-0.3, -0.25) is 0 Å². The van der Waals surface area contributed by atoms with Crippen LogP contribution in [0, 0.1) is 0 Å². The van der Waals surface area contributed by atoms with Crippen molar-refractivity contribution in [3.05, 3.63) is 23.2 Å². The highest BCUT2D eigenvalue weighted by Gasteiger charge is 2.28. The number of nitrogens with zero attached hydrogens (tertiary/aromatic N) is 2. The highest BCUT2D eigenvalue weighted by molar-refractivity contribution is 7.87. The van der Waals surface area contributed by atoms with E-state index in [2.05, 4.69) is 9.62 Å². The van der Waals surface area contributed by atoms with E-state index >= 15 is 0 Å². The molecule has 2 rings (SSSR count). The average molecular weight is 334 g/mol. The summed E-state index contributed by atoms with van der Waals surface area (Å²) < 4.78 is 32.9. The van der Waals surface area contributed by atoms with E-state index < -0.39 is 10.2 Å². The molecule has 8 heteroatoms. The van der Waals surface area contributed by atoms with Crippen LogP contribution in [-0.4, -0.2) is 53.1 Å². The number of halogens is 1. The zero-order chi connectivity index (χ0) is 15.6. The van der Waals surface area contributed by atoms with E-state index in [-0.39, 0.29) is 6.04 Å². The molecule has 118 valence electrons. The Labute approximate surface area is 130 Å². The molecule has 0 aliphatic carbocycles. The zero-order valence-corrected chi connectivity index (χ0v) is 13.9. The number of hydrogen-bond donors (Lipinski definition) is 1. The Bertz CT molecular complexity index is 607. The number of benzene rings is 1. The topological polar surface area (TPSA) is 61.9 Å². The van der Waals surface area contributed by atoms with Gasteiger partial charge in [0.1, 0.15) is 5.75 Å². The second-order valence-electron chi connectivity index (χ2n) is 5.15. The van der Waals surface area contributed by atoms with Gasteiger partial charge in [-0.25, -0.2) is 0 Å². The zero-order valence-electron chi connectivity index (χ0n) is 12.3. The lowest BCUT2D eigenvalue weighted by atomic mass is 10.2. The van der Waals surface area contributed by atoms with Gasteiger partial charge in [-0.1, -0.05) is 11.6 Å². The normalized spacial score (nSPS) is 19.3. The molecule has 1 aliphatic rings. The fourth-order valence-electron chi connectivity index (χ4n) is 2.30. The van der Waals surface area contributed by atoms with Crippen molar-refractivity contribution in [2.24, 2.45) is 0 Å². The number of anilines is 1. The molecule has 1 heterocycles. The first kappa shape index (κ1) is 16.4. The molecular formula is C13H20ClN3O3S. The molecule has 1 saturated heterocycles. The molecule has 1 fully saturated rings. The fourth-order valence-corrected chi connectivity index (χ4v) is 3.29. The molecule has 0 radical (unpaired) electrons. The lowest BCUT2D eigenvalue weighted by molar-refractivity contribution is 0.415. The van der Waals surface area contributed by atoms with Gasteiger partial charge in [0.25, 0.3) is 10.2 Å². The summed E-state index contributed by atoms with van der Waals surface area (Å²) in [6.45, 7) is 1.33. The molecule has 1 aromatic carbocycles. The van der Waals surface area contributed by atoms with Gasteiger partial charge >= 0.3 is 0 Å². The van der Waals surface area contributed by atoms with E-state index in [4.69, 9.17) is 16.3 Å². The second-order valence-corrected chi connectivity index (χ2v) is 7.51. The van der Waals surface area contributed by atoms with E-state index in [0.29, 0.717) is 11.6 Å². The summed E-state index contributed by atoms with van der Waals surface area (Å²) >= 11 is 6.04. The summed E-state index contributed by atoms with van der Waals surface area (Å²) in [5.74, 6) is 0.732. The number of methoxy groups -OCH3 is 1. The lowest BCUT2D eigenvalue weighted by Gasteiger charge is -2.22. The number of rotatable bonds is 5. The van der Waals surface area contributed by atoms with Gasteiger partial charge in [-0.2, -0.15) is 17.4 Å². The molecule has 1 atom stereocenters. The Morgan fingerprint density at radius 2 is 2.14 bits per heavy atom. The van der Waals surface area contributed by atoms with Crippen molar-refractivity contribution in [2.75, 3.05) is 39.2 Å². The molecule has 0 spiro atoms. The van der Waals surface area contributed by atoms with Crippen LogP contribution >= 0.6 is 11.6 Å². The van der Waals surface area contributed by atoms with Crippen LogP contribution < -0.4 is 14.4 Å². The summed E-state index contributed by atoms with van der Waals surface area (Å²) in [6, 6.07) is 5.30. The Balaban J connectivity index is 2.11. The maximum Gasteiger partial charge on any atom is 0.279 e. The average Bonchev–Trinajstić information content (AvgIpc) is 2.86. The van der Waals surface area contributed by atoms with Crippen molar-refractivity contribution in [3.8, 4) is 5.75 Å². The number of nitrogens with one attached hydrogen (secondary N) is 1. The largest absolute Gasteiger partial charge is 0.495 e.